The molecule has 2 heterocycles. The maximum absolute atomic E-state index is 12.6. The first kappa shape index (κ1) is 14.6. The summed E-state index contributed by atoms with van der Waals surface area (Å²) in [7, 11) is -3.90. The van der Waals surface area contributed by atoms with Crippen molar-refractivity contribution < 1.29 is 8.42 Å². The summed E-state index contributed by atoms with van der Waals surface area (Å²) in [6.45, 7) is 1.77. The highest BCUT2D eigenvalue weighted by molar-refractivity contribution is 7.92. The Balaban J connectivity index is 2.13. The van der Waals surface area contributed by atoms with Crippen molar-refractivity contribution in [2.75, 3.05) is 4.72 Å². The van der Waals surface area contributed by atoms with Crippen molar-refractivity contribution in [1.82, 2.24) is 9.38 Å². The van der Waals surface area contributed by atoms with Crippen molar-refractivity contribution in [3.05, 3.63) is 45.5 Å². The van der Waals surface area contributed by atoms with Gasteiger partial charge < -0.3 is 0 Å². The molecule has 21 heavy (non-hydrogen) atoms. The van der Waals surface area contributed by atoms with Crippen molar-refractivity contribution in [2.24, 2.45) is 0 Å². The lowest BCUT2D eigenvalue weighted by molar-refractivity contribution is 0.596. The molecule has 3 rings (SSSR count). The number of rotatable bonds is 3. The van der Waals surface area contributed by atoms with Crippen molar-refractivity contribution in [3.8, 4) is 0 Å². The van der Waals surface area contributed by atoms with Crippen LogP contribution in [-0.2, 0) is 10.0 Å². The van der Waals surface area contributed by atoms with Crippen molar-refractivity contribution in [3.63, 3.8) is 0 Å². The molecule has 0 fully saturated rings. The van der Waals surface area contributed by atoms with Gasteiger partial charge in [-0.25, -0.2) is 4.98 Å². The predicted octanol–water partition coefficient (Wildman–Crippen LogP) is 3.81. The number of aryl methyl sites for hydroxylation is 1. The third-order valence-corrected chi connectivity index (χ3v) is 5.71. The molecule has 0 bridgehead atoms. The van der Waals surface area contributed by atoms with Crippen LogP contribution < -0.4 is 4.72 Å². The van der Waals surface area contributed by atoms with E-state index in [1.54, 1.807) is 36.7 Å². The maximum atomic E-state index is 12.6. The molecule has 0 aliphatic heterocycles. The molecule has 0 atom stereocenters. The first-order valence-electron chi connectivity index (χ1n) is 5.79. The van der Waals surface area contributed by atoms with E-state index in [0.29, 0.717) is 21.2 Å². The molecule has 0 spiro atoms. The highest BCUT2D eigenvalue weighted by Gasteiger charge is 2.26. The van der Waals surface area contributed by atoms with E-state index in [4.69, 9.17) is 23.2 Å². The molecule has 5 nitrogen and oxygen atoms in total. The van der Waals surface area contributed by atoms with Crippen LogP contribution in [0.5, 0.6) is 0 Å². The van der Waals surface area contributed by atoms with Gasteiger partial charge in [0, 0.05) is 11.6 Å². The topological polar surface area (TPSA) is 63.5 Å². The fourth-order valence-electron chi connectivity index (χ4n) is 1.92. The summed E-state index contributed by atoms with van der Waals surface area (Å²) in [5, 5.41) is 1.89. The summed E-state index contributed by atoms with van der Waals surface area (Å²) in [6.07, 6.45) is 1.60. The summed E-state index contributed by atoms with van der Waals surface area (Å²) in [6, 6.07) is 5.13. The number of halogens is 2. The normalized spacial score (nSPS) is 12.0. The Labute approximate surface area is 135 Å². The van der Waals surface area contributed by atoms with Crippen LogP contribution in [0, 0.1) is 6.92 Å². The number of aromatic nitrogens is 2. The van der Waals surface area contributed by atoms with Gasteiger partial charge in [-0.3, -0.25) is 9.12 Å². The van der Waals surface area contributed by atoms with E-state index in [1.165, 1.54) is 15.7 Å². The van der Waals surface area contributed by atoms with Crippen LogP contribution in [0.1, 0.15) is 5.56 Å². The Kier molecular flexibility index (Phi) is 3.61. The van der Waals surface area contributed by atoms with Crippen molar-refractivity contribution >= 4 is 55.2 Å². The van der Waals surface area contributed by atoms with Gasteiger partial charge >= 0.3 is 0 Å². The number of para-hydroxylation sites is 1. The summed E-state index contributed by atoms with van der Waals surface area (Å²) in [5.74, 6) is 0. The Bertz CT molecular complexity index is 911. The molecule has 1 N–H and O–H groups in total. The van der Waals surface area contributed by atoms with E-state index in [9.17, 15) is 8.42 Å². The lowest BCUT2D eigenvalue weighted by Gasteiger charge is -2.11. The Morgan fingerprint density at radius 3 is 2.81 bits per heavy atom. The average Bonchev–Trinajstić information content (AvgIpc) is 2.93. The lowest BCUT2D eigenvalue weighted by Crippen LogP contribution is -2.16. The molecule has 0 unspecified atom stereocenters. The molecule has 2 aromatic heterocycles. The molecule has 0 saturated heterocycles. The lowest BCUT2D eigenvalue weighted by atomic mass is 10.2. The predicted molar refractivity (Wildman–Crippen MR) is 85.1 cm³/mol. The number of imidazole rings is 1. The van der Waals surface area contributed by atoms with Crippen LogP contribution in [0.25, 0.3) is 4.96 Å². The molecule has 3 aromatic rings. The van der Waals surface area contributed by atoms with Crippen LogP contribution in [0.4, 0.5) is 5.69 Å². The molecular formula is C12H9Cl2N3O2S2. The van der Waals surface area contributed by atoms with Crippen LogP contribution in [0.15, 0.2) is 34.8 Å². The van der Waals surface area contributed by atoms with Gasteiger partial charge in [-0.2, -0.15) is 8.42 Å². The molecule has 1 aromatic carbocycles. The van der Waals surface area contributed by atoms with Gasteiger partial charge in [0.05, 0.1) is 10.7 Å². The number of anilines is 1. The number of thiazole rings is 1. The van der Waals surface area contributed by atoms with E-state index >= 15 is 0 Å². The zero-order valence-corrected chi connectivity index (χ0v) is 13.8. The van der Waals surface area contributed by atoms with E-state index in [-0.39, 0.29) is 10.2 Å². The highest BCUT2D eigenvalue weighted by atomic mass is 35.5. The second-order valence-corrected chi connectivity index (χ2v) is 7.54. The third kappa shape index (κ3) is 2.50. The number of nitrogens with zero attached hydrogens (tertiary/aromatic N) is 2. The van der Waals surface area contributed by atoms with Crippen LogP contribution in [0.2, 0.25) is 10.2 Å². The SMILES string of the molecule is Cc1cccc(Cl)c1NS(=O)(=O)c1c(Cl)nc2sccn12. The van der Waals surface area contributed by atoms with Crippen LogP contribution >= 0.6 is 34.5 Å². The van der Waals surface area contributed by atoms with Gasteiger partial charge in [-0.05, 0) is 18.6 Å². The monoisotopic (exact) mass is 361 g/mol. The minimum absolute atomic E-state index is 0.0703. The second-order valence-electron chi connectivity index (χ2n) is 4.30. The summed E-state index contributed by atoms with van der Waals surface area (Å²) >= 11 is 13.3. The van der Waals surface area contributed by atoms with Crippen molar-refractivity contribution in [2.45, 2.75) is 11.9 Å². The van der Waals surface area contributed by atoms with Crippen LogP contribution in [-0.4, -0.2) is 17.8 Å². The summed E-state index contributed by atoms with van der Waals surface area (Å²) in [4.78, 5) is 4.53. The van der Waals surface area contributed by atoms with E-state index in [1.807, 2.05) is 0 Å². The second kappa shape index (κ2) is 5.17. The first-order chi connectivity index (χ1) is 9.90. The minimum atomic E-state index is -3.90. The quantitative estimate of drug-likeness (QED) is 0.771. The molecule has 0 aliphatic carbocycles. The molecular weight excluding hydrogens is 353 g/mol. The van der Waals surface area contributed by atoms with E-state index in [0.717, 1.165) is 0 Å². The summed E-state index contributed by atoms with van der Waals surface area (Å²) in [5.41, 5.74) is 1.05. The van der Waals surface area contributed by atoms with Gasteiger partial charge in [-0.1, -0.05) is 35.3 Å². The number of nitrogens with one attached hydrogen (secondary N) is 1. The number of hydrogen-bond acceptors (Lipinski definition) is 4. The molecule has 0 saturated carbocycles. The largest absolute Gasteiger partial charge is 0.281 e. The molecule has 0 radical (unpaired) electrons. The first-order valence-corrected chi connectivity index (χ1v) is 8.91. The molecule has 110 valence electrons. The smallest absolute Gasteiger partial charge is 0.278 e. The zero-order chi connectivity index (χ0) is 15.2. The fraction of sp³-hybridized carbons (Fsp3) is 0.0833. The zero-order valence-electron chi connectivity index (χ0n) is 10.7. The van der Waals surface area contributed by atoms with Crippen LogP contribution in [0.3, 0.4) is 0 Å². The molecule has 0 aliphatic rings. The van der Waals surface area contributed by atoms with Gasteiger partial charge in [-0.15, -0.1) is 11.3 Å². The summed E-state index contributed by atoms with van der Waals surface area (Å²) < 4.78 is 29.1. The highest BCUT2D eigenvalue weighted by Crippen LogP contribution is 2.31. The van der Waals surface area contributed by atoms with Gasteiger partial charge in [0.15, 0.2) is 15.1 Å². The van der Waals surface area contributed by atoms with Gasteiger partial charge in [0.2, 0.25) is 0 Å². The Hall–Kier alpha value is -1.28. The molecule has 0 amide bonds. The van der Waals surface area contributed by atoms with E-state index in [2.05, 4.69) is 9.71 Å². The van der Waals surface area contributed by atoms with Gasteiger partial charge in [0.1, 0.15) is 0 Å². The van der Waals surface area contributed by atoms with Crippen molar-refractivity contribution in [1.29, 1.82) is 0 Å². The number of benzene rings is 1. The fourth-order valence-corrected chi connectivity index (χ4v) is 4.86. The third-order valence-electron chi connectivity index (χ3n) is 2.89. The minimum Gasteiger partial charge on any atom is -0.278 e. The van der Waals surface area contributed by atoms with Gasteiger partial charge in [0.25, 0.3) is 10.0 Å². The number of fused-ring (bicyclic) bond motifs is 1. The Morgan fingerprint density at radius 1 is 1.33 bits per heavy atom. The Morgan fingerprint density at radius 2 is 2.10 bits per heavy atom. The number of hydrogen-bond donors (Lipinski definition) is 1. The van der Waals surface area contributed by atoms with E-state index < -0.39 is 10.0 Å². The molecule has 9 heteroatoms. The maximum Gasteiger partial charge on any atom is 0.281 e. The number of sulfonamides is 1. The standard InChI is InChI=1S/C12H9Cl2N3O2S2/c1-7-3-2-4-8(13)9(7)16-21(18,19)11-10(14)15-12-17(11)5-6-20-12/h2-6,16H,1H3. The average molecular weight is 362 g/mol.